The summed E-state index contributed by atoms with van der Waals surface area (Å²) in [6.07, 6.45) is 2.93. The Morgan fingerprint density at radius 1 is 1.43 bits per heavy atom. The predicted molar refractivity (Wildman–Crippen MR) is 86.5 cm³/mol. The number of carbonyl (C=O) groups excluding carboxylic acids is 1. The third kappa shape index (κ3) is 4.89. The fourth-order valence-corrected chi connectivity index (χ4v) is 2.58. The van der Waals surface area contributed by atoms with E-state index < -0.39 is 10.0 Å². The standard InChI is InChI=1S/C14H21ClN2O3S/c1-5-6-10(2)16-14(18)12-9-11(7-8-13(12)15)17(3)21(4,19)20/h7-10H,5-6H2,1-4H3,(H,16,18). The molecule has 0 heterocycles. The molecule has 0 spiro atoms. The van der Waals surface area contributed by atoms with E-state index in [-0.39, 0.29) is 17.5 Å². The van der Waals surface area contributed by atoms with Gasteiger partial charge in [0, 0.05) is 13.1 Å². The number of nitrogens with zero attached hydrogens (tertiary/aromatic N) is 1. The minimum Gasteiger partial charge on any atom is -0.350 e. The third-order valence-electron chi connectivity index (χ3n) is 3.15. The fraction of sp³-hybridized carbons (Fsp3) is 0.500. The molecule has 1 unspecified atom stereocenters. The molecule has 0 aliphatic heterocycles. The topological polar surface area (TPSA) is 66.5 Å². The molecule has 1 N–H and O–H groups in total. The summed E-state index contributed by atoms with van der Waals surface area (Å²) in [6, 6.07) is 4.61. The van der Waals surface area contributed by atoms with E-state index in [1.165, 1.54) is 19.2 Å². The summed E-state index contributed by atoms with van der Waals surface area (Å²) in [6.45, 7) is 3.96. The van der Waals surface area contributed by atoms with Crippen LogP contribution < -0.4 is 9.62 Å². The van der Waals surface area contributed by atoms with E-state index in [9.17, 15) is 13.2 Å². The van der Waals surface area contributed by atoms with E-state index in [1.807, 2.05) is 13.8 Å². The third-order valence-corrected chi connectivity index (χ3v) is 4.69. The highest BCUT2D eigenvalue weighted by molar-refractivity contribution is 7.92. The second kappa shape index (κ2) is 7.13. The number of sulfonamides is 1. The van der Waals surface area contributed by atoms with Gasteiger partial charge in [-0.05, 0) is 31.5 Å². The summed E-state index contributed by atoms with van der Waals surface area (Å²) in [5.74, 6) is -0.301. The maximum absolute atomic E-state index is 12.2. The highest BCUT2D eigenvalue weighted by atomic mass is 35.5. The van der Waals surface area contributed by atoms with Gasteiger partial charge in [0.25, 0.3) is 5.91 Å². The van der Waals surface area contributed by atoms with Crippen LogP contribution in [0, 0.1) is 0 Å². The zero-order chi connectivity index (χ0) is 16.2. The molecule has 1 rings (SSSR count). The van der Waals surface area contributed by atoms with Crippen molar-refractivity contribution in [2.24, 2.45) is 0 Å². The molecular weight excluding hydrogens is 312 g/mol. The Labute approximate surface area is 131 Å². The minimum atomic E-state index is -3.38. The van der Waals surface area contributed by atoms with Gasteiger partial charge in [-0.2, -0.15) is 0 Å². The van der Waals surface area contributed by atoms with E-state index in [0.717, 1.165) is 23.4 Å². The number of hydrogen-bond acceptors (Lipinski definition) is 3. The number of amides is 1. The lowest BCUT2D eigenvalue weighted by Gasteiger charge is -2.19. The van der Waals surface area contributed by atoms with E-state index in [2.05, 4.69) is 5.32 Å². The Bertz CT molecular complexity index is 617. The van der Waals surface area contributed by atoms with E-state index in [4.69, 9.17) is 11.6 Å². The molecule has 1 atom stereocenters. The first-order valence-corrected chi connectivity index (χ1v) is 8.93. The van der Waals surface area contributed by atoms with Crippen LogP contribution in [0.15, 0.2) is 18.2 Å². The van der Waals surface area contributed by atoms with Crippen LogP contribution in [0.3, 0.4) is 0 Å². The van der Waals surface area contributed by atoms with Gasteiger partial charge in [0.05, 0.1) is 22.5 Å². The second-order valence-corrected chi connectivity index (χ2v) is 7.48. The van der Waals surface area contributed by atoms with Gasteiger partial charge in [0.15, 0.2) is 0 Å². The molecule has 1 amide bonds. The SMILES string of the molecule is CCCC(C)NC(=O)c1cc(N(C)S(C)(=O)=O)ccc1Cl. The number of carbonyl (C=O) groups is 1. The van der Waals surface area contributed by atoms with E-state index in [0.29, 0.717) is 10.7 Å². The average Bonchev–Trinajstić information content (AvgIpc) is 2.37. The highest BCUT2D eigenvalue weighted by Crippen LogP contribution is 2.24. The lowest BCUT2D eigenvalue weighted by molar-refractivity contribution is 0.0938. The van der Waals surface area contributed by atoms with Crippen molar-refractivity contribution in [3.63, 3.8) is 0 Å². The monoisotopic (exact) mass is 332 g/mol. The Hall–Kier alpha value is -1.27. The van der Waals surface area contributed by atoms with Crippen LogP contribution in [0.1, 0.15) is 37.0 Å². The number of nitrogens with one attached hydrogen (secondary N) is 1. The number of halogens is 1. The van der Waals surface area contributed by atoms with Gasteiger partial charge in [-0.25, -0.2) is 8.42 Å². The molecule has 0 aliphatic rings. The summed E-state index contributed by atoms with van der Waals surface area (Å²) in [5, 5.41) is 3.14. The molecule has 0 aromatic heterocycles. The maximum atomic E-state index is 12.2. The van der Waals surface area contributed by atoms with Crippen LogP contribution in [0.5, 0.6) is 0 Å². The quantitative estimate of drug-likeness (QED) is 0.870. The molecule has 118 valence electrons. The summed E-state index contributed by atoms with van der Waals surface area (Å²) in [5.41, 5.74) is 0.669. The molecule has 1 aromatic carbocycles. The number of benzene rings is 1. The Morgan fingerprint density at radius 2 is 2.05 bits per heavy atom. The first-order valence-electron chi connectivity index (χ1n) is 6.71. The van der Waals surface area contributed by atoms with Gasteiger partial charge in [0.2, 0.25) is 10.0 Å². The maximum Gasteiger partial charge on any atom is 0.253 e. The summed E-state index contributed by atoms with van der Waals surface area (Å²) in [7, 11) is -1.95. The molecule has 0 saturated carbocycles. The molecule has 0 aliphatic carbocycles. The molecule has 0 radical (unpaired) electrons. The fourth-order valence-electron chi connectivity index (χ4n) is 1.88. The molecule has 0 saturated heterocycles. The van der Waals surface area contributed by atoms with Crippen LogP contribution in [-0.4, -0.2) is 33.7 Å². The van der Waals surface area contributed by atoms with Crippen molar-refractivity contribution in [2.75, 3.05) is 17.6 Å². The Balaban J connectivity index is 3.05. The van der Waals surface area contributed by atoms with Crippen molar-refractivity contribution in [3.8, 4) is 0 Å². The zero-order valence-electron chi connectivity index (χ0n) is 12.7. The van der Waals surface area contributed by atoms with Gasteiger partial charge in [0.1, 0.15) is 0 Å². The van der Waals surface area contributed by atoms with Crippen molar-refractivity contribution in [1.29, 1.82) is 0 Å². The number of rotatable bonds is 6. The Kier molecular flexibility index (Phi) is 6.04. The molecule has 5 nitrogen and oxygen atoms in total. The van der Waals surface area contributed by atoms with Gasteiger partial charge in [-0.15, -0.1) is 0 Å². The van der Waals surface area contributed by atoms with Crippen LogP contribution >= 0.6 is 11.6 Å². The number of anilines is 1. The number of hydrogen-bond donors (Lipinski definition) is 1. The smallest absolute Gasteiger partial charge is 0.253 e. The van der Waals surface area contributed by atoms with Crippen LogP contribution in [0.25, 0.3) is 0 Å². The summed E-state index contributed by atoms with van der Waals surface area (Å²) in [4.78, 5) is 12.2. The second-order valence-electron chi connectivity index (χ2n) is 5.06. The van der Waals surface area contributed by atoms with Gasteiger partial charge >= 0.3 is 0 Å². The Morgan fingerprint density at radius 3 is 2.57 bits per heavy atom. The highest BCUT2D eigenvalue weighted by Gasteiger charge is 2.17. The van der Waals surface area contributed by atoms with Gasteiger partial charge in [-0.3, -0.25) is 9.10 Å². The molecule has 0 fully saturated rings. The molecular formula is C14H21ClN2O3S. The van der Waals surface area contributed by atoms with Crippen LogP contribution in [0.4, 0.5) is 5.69 Å². The van der Waals surface area contributed by atoms with Gasteiger partial charge < -0.3 is 5.32 Å². The van der Waals surface area contributed by atoms with Crippen molar-refractivity contribution in [2.45, 2.75) is 32.7 Å². The van der Waals surface area contributed by atoms with Crippen LogP contribution in [0.2, 0.25) is 5.02 Å². The van der Waals surface area contributed by atoms with Gasteiger partial charge in [-0.1, -0.05) is 24.9 Å². The molecule has 1 aromatic rings. The predicted octanol–water partition coefficient (Wildman–Crippen LogP) is 2.65. The van der Waals surface area contributed by atoms with Crippen molar-refractivity contribution in [3.05, 3.63) is 28.8 Å². The van der Waals surface area contributed by atoms with E-state index >= 15 is 0 Å². The van der Waals surface area contributed by atoms with Crippen molar-refractivity contribution < 1.29 is 13.2 Å². The minimum absolute atomic E-state index is 0.0369. The molecule has 21 heavy (non-hydrogen) atoms. The summed E-state index contributed by atoms with van der Waals surface area (Å²) >= 11 is 6.04. The average molecular weight is 333 g/mol. The lowest BCUT2D eigenvalue weighted by Crippen LogP contribution is -2.33. The van der Waals surface area contributed by atoms with Crippen molar-refractivity contribution >= 4 is 33.2 Å². The van der Waals surface area contributed by atoms with E-state index in [1.54, 1.807) is 6.07 Å². The summed E-state index contributed by atoms with van der Waals surface area (Å²) < 4.78 is 24.2. The normalized spacial score (nSPS) is 12.8. The van der Waals surface area contributed by atoms with Crippen LogP contribution in [-0.2, 0) is 10.0 Å². The first kappa shape index (κ1) is 17.8. The van der Waals surface area contributed by atoms with Crippen molar-refractivity contribution in [1.82, 2.24) is 5.32 Å². The zero-order valence-corrected chi connectivity index (χ0v) is 14.3. The molecule has 7 heteroatoms. The lowest BCUT2D eigenvalue weighted by atomic mass is 10.1. The first-order chi connectivity index (χ1) is 9.66. The molecule has 0 bridgehead atoms. The largest absolute Gasteiger partial charge is 0.350 e.